The summed E-state index contributed by atoms with van der Waals surface area (Å²) in [4.78, 5) is 6.09. The van der Waals surface area contributed by atoms with Gasteiger partial charge in [0.2, 0.25) is 5.88 Å². The van der Waals surface area contributed by atoms with E-state index < -0.39 is 0 Å². The average Bonchev–Trinajstić information content (AvgIpc) is 3.17. The van der Waals surface area contributed by atoms with E-state index in [9.17, 15) is 4.39 Å². The van der Waals surface area contributed by atoms with Gasteiger partial charge in [-0.25, -0.2) is 4.39 Å². The Morgan fingerprint density at radius 2 is 1.69 bits per heavy atom. The van der Waals surface area contributed by atoms with Crippen LogP contribution >= 0.6 is 22.6 Å². The molecule has 6 heteroatoms. The van der Waals surface area contributed by atoms with Gasteiger partial charge in [-0.3, -0.25) is 4.98 Å². The van der Waals surface area contributed by atoms with Gasteiger partial charge in [-0.15, -0.1) is 0 Å². The maximum Gasteiger partial charge on any atom is 0.214 e. The van der Waals surface area contributed by atoms with Crippen molar-refractivity contribution in [2.24, 2.45) is 0 Å². The van der Waals surface area contributed by atoms with Gasteiger partial charge in [0.25, 0.3) is 0 Å². The second kappa shape index (κ2) is 10.3. The molecule has 3 aromatic heterocycles. The molecule has 4 aromatic rings. The molecule has 0 fully saturated rings. The molecule has 0 atom stereocenters. The minimum absolute atomic E-state index is 0.267. The number of pyridine rings is 2. The van der Waals surface area contributed by atoms with E-state index in [1.54, 1.807) is 24.5 Å². The zero-order valence-corrected chi connectivity index (χ0v) is 18.6. The Kier molecular flexibility index (Phi) is 7.57. The van der Waals surface area contributed by atoms with Crippen molar-refractivity contribution in [3.05, 3.63) is 72.8 Å². The summed E-state index contributed by atoms with van der Waals surface area (Å²) in [6.45, 7) is 2.78. The van der Waals surface area contributed by atoms with Gasteiger partial charge in [-0.2, -0.15) is 9.61 Å². The molecule has 150 valence electrons. The highest BCUT2D eigenvalue weighted by Crippen LogP contribution is 2.36. The van der Waals surface area contributed by atoms with Crippen LogP contribution in [0.5, 0.6) is 5.88 Å². The van der Waals surface area contributed by atoms with Crippen LogP contribution in [0, 0.1) is 5.82 Å². The number of hydrogen-bond donors (Lipinski definition) is 0. The Bertz CT molecular complexity index is 1050. The van der Waals surface area contributed by atoms with Gasteiger partial charge in [0.15, 0.2) is 0 Å². The van der Waals surface area contributed by atoms with Crippen LogP contribution in [-0.4, -0.2) is 26.1 Å². The molecule has 1 aromatic carbocycles. The van der Waals surface area contributed by atoms with Gasteiger partial charge in [0.05, 0.1) is 12.1 Å². The molecule has 0 bridgehead atoms. The summed E-state index contributed by atoms with van der Waals surface area (Å²) in [5.74, 6) is 0.432. The molecule has 0 unspecified atom stereocenters. The SMILES string of the molecule is CCCCOc1cccc2c(-c3ccncc3)c(-c3ccc(F)cc3)nn12.CI. The summed E-state index contributed by atoms with van der Waals surface area (Å²) < 4.78 is 21.2. The highest BCUT2D eigenvalue weighted by atomic mass is 127. The van der Waals surface area contributed by atoms with Crippen molar-refractivity contribution >= 4 is 28.1 Å². The Morgan fingerprint density at radius 3 is 2.38 bits per heavy atom. The van der Waals surface area contributed by atoms with Crippen molar-refractivity contribution in [2.75, 3.05) is 11.5 Å². The van der Waals surface area contributed by atoms with Crippen molar-refractivity contribution in [3.8, 4) is 28.3 Å². The van der Waals surface area contributed by atoms with E-state index >= 15 is 0 Å². The third-order valence-electron chi connectivity index (χ3n) is 4.46. The number of fused-ring (bicyclic) bond motifs is 1. The zero-order valence-electron chi connectivity index (χ0n) is 16.5. The maximum atomic E-state index is 13.4. The predicted molar refractivity (Wildman–Crippen MR) is 124 cm³/mol. The number of rotatable bonds is 6. The van der Waals surface area contributed by atoms with Gasteiger partial charge >= 0.3 is 0 Å². The minimum Gasteiger partial charge on any atom is -0.478 e. The molecule has 3 heterocycles. The molecule has 4 nitrogen and oxygen atoms in total. The lowest BCUT2D eigenvalue weighted by Crippen LogP contribution is -2.02. The van der Waals surface area contributed by atoms with Gasteiger partial charge < -0.3 is 4.74 Å². The summed E-state index contributed by atoms with van der Waals surface area (Å²) >= 11 is 2.15. The van der Waals surface area contributed by atoms with E-state index in [2.05, 4.69) is 34.5 Å². The Hall–Kier alpha value is -2.48. The molecule has 0 radical (unpaired) electrons. The molecular formula is C23H23FIN3O. The summed E-state index contributed by atoms with van der Waals surface area (Å²) in [5.41, 5.74) is 4.56. The summed E-state index contributed by atoms with van der Waals surface area (Å²) in [7, 11) is 0. The predicted octanol–water partition coefficient (Wildman–Crippen LogP) is 6.43. The van der Waals surface area contributed by atoms with Gasteiger partial charge in [-0.1, -0.05) is 42.0 Å². The van der Waals surface area contributed by atoms with Gasteiger partial charge in [-0.05, 0) is 59.4 Å². The highest BCUT2D eigenvalue weighted by molar-refractivity contribution is 14.1. The van der Waals surface area contributed by atoms with E-state index in [0.717, 1.165) is 40.7 Å². The van der Waals surface area contributed by atoms with Crippen molar-refractivity contribution in [2.45, 2.75) is 19.8 Å². The molecule has 0 amide bonds. The monoisotopic (exact) mass is 503 g/mol. The number of benzene rings is 1. The van der Waals surface area contributed by atoms with Gasteiger partial charge in [0.1, 0.15) is 11.5 Å². The Morgan fingerprint density at radius 1 is 0.966 bits per heavy atom. The molecule has 0 aliphatic rings. The third-order valence-corrected chi connectivity index (χ3v) is 4.46. The number of alkyl halides is 1. The first kappa shape index (κ1) is 21.2. The fourth-order valence-electron chi connectivity index (χ4n) is 3.09. The topological polar surface area (TPSA) is 39.4 Å². The Labute approximate surface area is 183 Å². The number of hydrogen-bond acceptors (Lipinski definition) is 3. The fraction of sp³-hybridized carbons (Fsp3) is 0.217. The van der Waals surface area contributed by atoms with Crippen molar-refractivity contribution < 1.29 is 9.13 Å². The standard InChI is InChI=1S/C22H20FN3O.CH3I/c1-2-3-15-27-20-6-4-5-19-21(16-11-13-24-14-12-16)22(25-26(19)20)17-7-9-18(23)10-8-17;1-2/h4-14H,2-3,15H2,1H3;1H3. The minimum atomic E-state index is -0.267. The number of ether oxygens (including phenoxy) is 1. The van der Waals surface area contributed by atoms with Crippen LogP contribution in [-0.2, 0) is 0 Å². The van der Waals surface area contributed by atoms with Crippen LogP contribution in [0.2, 0.25) is 0 Å². The molecule has 0 saturated heterocycles. The number of halogens is 2. The molecular weight excluding hydrogens is 480 g/mol. The van der Waals surface area contributed by atoms with Crippen LogP contribution in [0.25, 0.3) is 27.9 Å². The van der Waals surface area contributed by atoms with Crippen molar-refractivity contribution in [1.82, 2.24) is 14.6 Å². The lowest BCUT2D eigenvalue weighted by atomic mass is 10.0. The van der Waals surface area contributed by atoms with E-state index in [1.807, 2.05) is 39.8 Å². The highest BCUT2D eigenvalue weighted by Gasteiger charge is 2.18. The maximum absolute atomic E-state index is 13.4. The first-order valence-electron chi connectivity index (χ1n) is 9.46. The molecule has 0 N–H and O–H groups in total. The van der Waals surface area contributed by atoms with E-state index in [-0.39, 0.29) is 5.82 Å². The Balaban J connectivity index is 0.00000117. The number of nitrogens with zero attached hydrogens (tertiary/aromatic N) is 3. The second-order valence-corrected chi connectivity index (χ2v) is 6.33. The average molecular weight is 503 g/mol. The lowest BCUT2D eigenvalue weighted by Gasteiger charge is -2.07. The van der Waals surface area contributed by atoms with Crippen molar-refractivity contribution in [3.63, 3.8) is 0 Å². The molecule has 0 aliphatic heterocycles. The molecule has 0 aliphatic carbocycles. The summed E-state index contributed by atoms with van der Waals surface area (Å²) in [6.07, 6.45) is 5.57. The van der Waals surface area contributed by atoms with Crippen LogP contribution in [0.4, 0.5) is 4.39 Å². The first-order valence-corrected chi connectivity index (χ1v) is 11.6. The zero-order chi connectivity index (χ0) is 20.6. The fourth-order valence-corrected chi connectivity index (χ4v) is 3.09. The number of unbranched alkanes of at least 4 members (excludes halogenated alkanes) is 1. The van der Waals surface area contributed by atoms with E-state index in [1.165, 1.54) is 12.1 Å². The lowest BCUT2D eigenvalue weighted by molar-refractivity contribution is 0.290. The largest absolute Gasteiger partial charge is 0.478 e. The molecule has 29 heavy (non-hydrogen) atoms. The van der Waals surface area contributed by atoms with E-state index in [0.29, 0.717) is 12.5 Å². The molecule has 0 saturated carbocycles. The van der Waals surface area contributed by atoms with Crippen LogP contribution in [0.1, 0.15) is 19.8 Å². The second-order valence-electron chi connectivity index (χ2n) is 6.33. The van der Waals surface area contributed by atoms with Gasteiger partial charge in [0, 0.05) is 29.6 Å². The normalized spacial score (nSPS) is 10.5. The number of aromatic nitrogens is 3. The first-order chi connectivity index (χ1) is 14.3. The van der Waals surface area contributed by atoms with Crippen LogP contribution < -0.4 is 4.74 Å². The van der Waals surface area contributed by atoms with Crippen LogP contribution in [0.3, 0.4) is 0 Å². The molecule has 4 rings (SSSR count). The van der Waals surface area contributed by atoms with Crippen LogP contribution in [0.15, 0.2) is 67.0 Å². The van der Waals surface area contributed by atoms with E-state index in [4.69, 9.17) is 9.84 Å². The summed E-state index contributed by atoms with van der Waals surface area (Å²) in [5, 5.41) is 4.82. The quantitative estimate of drug-likeness (QED) is 0.173. The van der Waals surface area contributed by atoms with Crippen molar-refractivity contribution in [1.29, 1.82) is 0 Å². The summed E-state index contributed by atoms with van der Waals surface area (Å²) in [6, 6.07) is 16.2. The molecule has 0 spiro atoms. The third kappa shape index (κ3) is 4.75. The smallest absolute Gasteiger partial charge is 0.214 e.